The van der Waals surface area contributed by atoms with Crippen LogP contribution in [-0.4, -0.2) is 23.0 Å². The normalized spacial score (nSPS) is 21.8. The first kappa shape index (κ1) is 15.9. The Hall–Kier alpha value is -0.180. The highest BCUT2D eigenvalue weighted by molar-refractivity contribution is 8.13. The monoisotopic (exact) mass is 270 g/mol. The van der Waals surface area contributed by atoms with Gasteiger partial charge in [-0.2, -0.15) is 0 Å². The Bertz CT molecular complexity index is 251. The summed E-state index contributed by atoms with van der Waals surface area (Å²) in [6, 6.07) is 1.16. The Labute approximate surface area is 117 Å². The summed E-state index contributed by atoms with van der Waals surface area (Å²) in [5.74, 6) is 1.89. The quantitative estimate of drug-likeness (QED) is 0.739. The molecule has 1 aliphatic heterocycles. The van der Waals surface area contributed by atoms with Gasteiger partial charge in [-0.05, 0) is 25.2 Å². The molecule has 2 nitrogen and oxygen atoms in total. The van der Waals surface area contributed by atoms with Gasteiger partial charge < -0.3 is 5.32 Å². The molecule has 0 aromatic rings. The molecule has 2 atom stereocenters. The zero-order chi connectivity index (χ0) is 13.4. The van der Waals surface area contributed by atoms with Crippen LogP contribution < -0.4 is 5.32 Å². The van der Waals surface area contributed by atoms with Gasteiger partial charge in [-0.25, -0.2) is 0 Å². The number of nitrogens with zero attached hydrogens (tertiary/aromatic N) is 1. The van der Waals surface area contributed by atoms with Crippen LogP contribution in [0.1, 0.15) is 66.2 Å². The molecular weight excluding hydrogens is 240 g/mol. The number of thioether (sulfide) groups is 1. The molecule has 106 valence electrons. The summed E-state index contributed by atoms with van der Waals surface area (Å²) in [4.78, 5) is 4.88. The standard InChI is InChI=1S/C15H30N2S/c1-5-7-9-13(8-6-2)16-15-17-14(12(3)4)10-11-18-15/h12-14H,5-11H2,1-4H3,(H,16,17). The lowest BCUT2D eigenvalue weighted by atomic mass is 10.0. The molecule has 0 fully saturated rings. The largest absolute Gasteiger partial charge is 0.362 e. The first-order chi connectivity index (χ1) is 8.67. The lowest BCUT2D eigenvalue weighted by Gasteiger charge is -2.26. The van der Waals surface area contributed by atoms with Crippen molar-refractivity contribution in [1.29, 1.82) is 0 Å². The van der Waals surface area contributed by atoms with E-state index in [1.807, 2.05) is 11.8 Å². The maximum absolute atomic E-state index is 4.88. The third kappa shape index (κ3) is 5.64. The summed E-state index contributed by atoms with van der Waals surface area (Å²) >= 11 is 1.91. The van der Waals surface area contributed by atoms with E-state index in [9.17, 15) is 0 Å². The van der Waals surface area contributed by atoms with Gasteiger partial charge in [-0.15, -0.1) is 0 Å². The predicted molar refractivity (Wildman–Crippen MR) is 84.5 cm³/mol. The topological polar surface area (TPSA) is 24.4 Å². The fraction of sp³-hybridized carbons (Fsp3) is 0.933. The molecule has 0 spiro atoms. The minimum absolute atomic E-state index is 0.530. The van der Waals surface area contributed by atoms with E-state index in [0.717, 1.165) is 0 Å². The Morgan fingerprint density at radius 1 is 1.28 bits per heavy atom. The van der Waals surface area contributed by atoms with Gasteiger partial charge in [0.15, 0.2) is 5.17 Å². The maximum Gasteiger partial charge on any atom is 0.157 e. The molecule has 0 aliphatic carbocycles. The molecule has 1 heterocycles. The molecule has 1 N–H and O–H groups in total. The van der Waals surface area contributed by atoms with E-state index in [-0.39, 0.29) is 0 Å². The molecule has 18 heavy (non-hydrogen) atoms. The van der Waals surface area contributed by atoms with E-state index < -0.39 is 0 Å². The molecule has 0 saturated carbocycles. The van der Waals surface area contributed by atoms with Crippen LogP contribution in [0, 0.1) is 5.92 Å². The van der Waals surface area contributed by atoms with Crippen molar-refractivity contribution >= 4 is 16.9 Å². The van der Waals surface area contributed by atoms with E-state index in [4.69, 9.17) is 4.99 Å². The Morgan fingerprint density at radius 3 is 2.67 bits per heavy atom. The number of hydrogen-bond acceptors (Lipinski definition) is 3. The van der Waals surface area contributed by atoms with E-state index in [2.05, 4.69) is 33.0 Å². The van der Waals surface area contributed by atoms with Crippen molar-refractivity contribution in [2.75, 3.05) is 5.75 Å². The molecule has 0 amide bonds. The van der Waals surface area contributed by atoms with E-state index in [1.165, 1.54) is 49.4 Å². The Morgan fingerprint density at radius 2 is 2.06 bits per heavy atom. The number of aliphatic imine (C=N–C) groups is 1. The lowest BCUT2D eigenvalue weighted by molar-refractivity contribution is 0.470. The first-order valence-electron chi connectivity index (χ1n) is 7.64. The highest BCUT2D eigenvalue weighted by Gasteiger charge is 2.20. The maximum atomic E-state index is 4.88. The van der Waals surface area contributed by atoms with Gasteiger partial charge in [0, 0.05) is 11.8 Å². The van der Waals surface area contributed by atoms with Crippen molar-refractivity contribution in [3.63, 3.8) is 0 Å². The van der Waals surface area contributed by atoms with Crippen molar-refractivity contribution in [2.45, 2.75) is 78.3 Å². The number of rotatable bonds is 7. The summed E-state index contributed by atoms with van der Waals surface area (Å²) in [5, 5.41) is 4.89. The molecule has 0 bridgehead atoms. The first-order valence-corrected chi connectivity index (χ1v) is 8.63. The van der Waals surface area contributed by atoms with Crippen molar-refractivity contribution < 1.29 is 0 Å². The van der Waals surface area contributed by atoms with Gasteiger partial charge in [0.05, 0.1) is 6.04 Å². The van der Waals surface area contributed by atoms with Crippen LogP contribution in [0.15, 0.2) is 4.99 Å². The second-order valence-electron chi connectivity index (χ2n) is 5.65. The molecule has 3 heteroatoms. The summed E-state index contributed by atoms with van der Waals surface area (Å²) in [7, 11) is 0. The number of hydrogen-bond donors (Lipinski definition) is 1. The minimum atomic E-state index is 0.530. The van der Waals surface area contributed by atoms with Crippen molar-refractivity contribution in [1.82, 2.24) is 5.32 Å². The highest BCUT2D eigenvalue weighted by Crippen LogP contribution is 2.22. The second-order valence-corrected chi connectivity index (χ2v) is 6.74. The van der Waals surface area contributed by atoms with Crippen molar-refractivity contribution in [2.24, 2.45) is 10.9 Å². The van der Waals surface area contributed by atoms with E-state index >= 15 is 0 Å². The average molecular weight is 270 g/mol. The number of nitrogens with one attached hydrogen (secondary N) is 1. The van der Waals surface area contributed by atoms with E-state index in [1.54, 1.807) is 0 Å². The third-order valence-electron chi connectivity index (χ3n) is 3.58. The van der Waals surface area contributed by atoms with Gasteiger partial charge in [-0.1, -0.05) is 58.7 Å². The minimum Gasteiger partial charge on any atom is -0.362 e. The Balaban J connectivity index is 2.50. The predicted octanol–water partition coefficient (Wildman–Crippen LogP) is 4.45. The zero-order valence-electron chi connectivity index (χ0n) is 12.5. The van der Waals surface area contributed by atoms with Crippen LogP contribution in [0.5, 0.6) is 0 Å². The molecule has 0 radical (unpaired) electrons. The highest BCUT2D eigenvalue weighted by atomic mass is 32.2. The third-order valence-corrected chi connectivity index (χ3v) is 4.51. The lowest BCUT2D eigenvalue weighted by Crippen LogP contribution is -2.36. The molecule has 0 aromatic heterocycles. The Kier molecular flexibility index (Phi) is 7.80. The molecule has 1 rings (SSSR count). The molecule has 1 aliphatic rings. The van der Waals surface area contributed by atoms with Gasteiger partial charge in [0.1, 0.15) is 0 Å². The van der Waals surface area contributed by atoms with Crippen LogP contribution in [-0.2, 0) is 0 Å². The van der Waals surface area contributed by atoms with Crippen LogP contribution in [0.3, 0.4) is 0 Å². The van der Waals surface area contributed by atoms with E-state index in [0.29, 0.717) is 18.0 Å². The SMILES string of the molecule is CCCCC(CCC)NC1=NC(C(C)C)CCS1. The fourth-order valence-corrected chi connectivity index (χ4v) is 3.37. The summed E-state index contributed by atoms with van der Waals surface area (Å²) in [6.45, 7) is 9.10. The number of unbranched alkanes of at least 4 members (excludes halogenated alkanes) is 1. The van der Waals surface area contributed by atoms with Crippen molar-refractivity contribution in [3.05, 3.63) is 0 Å². The number of amidine groups is 1. The van der Waals surface area contributed by atoms with Gasteiger partial charge in [0.2, 0.25) is 0 Å². The molecular formula is C15H30N2S. The van der Waals surface area contributed by atoms with Gasteiger partial charge in [-0.3, -0.25) is 4.99 Å². The molecule has 0 aromatic carbocycles. The summed E-state index contributed by atoms with van der Waals surface area (Å²) < 4.78 is 0. The summed E-state index contributed by atoms with van der Waals surface area (Å²) in [5.41, 5.74) is 0. The van der Waals surface area contributed by atoms with Gasteiger partial charge >= 0.3 is 0 Å². The molecule has 0 saturated heterocycles. The second kappa shape index (κ2) is 8.84. The summed E-state index contributed by atoms with van der Waals surface area (Å²) in [6.07, 6.45) is 7.66. The average Bonchev–Trinajstić information content (AvgIpc) is 2.36. The van der Waals surface area contributed by atoms with Crippen LogP contribution in [0.25, 0.3) is 0 Å². The van der Waals surface area contributed by atoms with Crippen LogP contribution >= 0.6 is 11.8 Å². The zero-order valence-corrected chi connectivity index (χ0v) is 13.4. The van der Waals surface area contributed by atoms with Crippen LogP contribution in [0.4, 0.5) is 0 Å². The smallest absolute Gasteiger partial charge is 0.157 e. The van der Waals surface area contributed by atoms with Crippen molar-refractivity contribution in [3.8, 4) is 0 Å². The van der Waals surface area contributed by atoms with Gasteiger partial charge in [0.25, 0.3) is 0 Å². The van der Waals surface area contributed by atoms with Crippen LogP contribution in [0.2, 0.25) is 0 Å². The molecule has 2 unspecified atom stereocenters. The fourth-order valence-electron chi connectivity index (χ4n) is 2.35.